The molecular formula is C12H20N4O3S2. The van der Waals surface area contributed by atoms with Crippen LogP contribution in [0.25, 0.3) is 0 Å². The van der Waals surface area contributed by atoms with Crippen LogP contribution >= 0.6 is 11.3 Å². The molecule has 21 heavy (non-hydrogen) atoms. The first-order valence-corrected chi connectivity index (χ1v) is 9.35. The molecule has 0 aliphatic heterocycles. The van der Waals surface area contributed by atoms with Crippen LogP contribution in [0.1, 0.15) is 46.0 Å². The molecule has 0 atom stereocenters. The Hall–Kier alpha value is -1.06. The molecule has 7 nitrogen and oxygen atoms in total. The molecule has 0 bridgehead atoms. The first-order valence-electron chi connectivity index (χ1n) is 7.05. The molecule has 118 valence electrons. The van der Waals surface area contributed by atoms with Gasteiger partial charge in [0.05, 0.1) is 0 Å². The van der Waals surface area contributed by atoms with Gasteiger partial charge in [0.2, 0.25) is 15.4 Å². The molecule has 1 aliphatic carbocycles. The van der Waals surface area contributed by atoms with Crippen LogP contribution in [0.2, 0.25) is 0 Å². The Morgan fingerprint density at radius 1 is 1.24 bits per heavy atom. The number of hydrogen-bond donors (Lipinski definition) is 2. The lowest BCUT2D eigenvalue weighted by Crippen LogP contribution is -2.36. The number of rotatable bonds is 5. The molecule has 1 heterocycles. The molecule has 0 aromatic carbocycles. The fourth-order valence-electron chi connectivity index (χ4n) is 2.11. The lowest BCUT2D eigenvalue weighted by molar-refractivity contribution is -0.118. The van der Waals surface area contributed by atoms with Crippen molar-refractivity contribution >= 4 is 32.4 Å². The number of nitrogens with one attached hydrogen (secondary N) is 2. The number of carbonyl (C=O) groups excluding carboxylic acids is 1. The number of carbonyl (C=O) groups is 1. The number of hydrogen-bond acceptors (Lipinski definition) is 6. The Balaban J connectivity index is 2.03. The van der Waals surface area contributed by atoms with Gasteiger partial charge in [0.25, 0.3) is 10.0 Å². The summed E-state index contributed by atoms with van der Waals surface area (Å²) in [6.07, 6.45) is 4.95. The van der Waals surface area contributed by atoms with Crippen molar-refractivity contribution in [2.75, 3.05) is 5.32 Å². The highest BCUT2D eigenvalue weighted by molar-refractivity contribution is 7.91. The summed E-state index contributed by atoms with van der Waals surface area (Å²) in [5.74, 6) is -0.412. The van der Waals surface area contributed by atoms with Crippen molar-refractivity contribution in [3.63, 3.8) is 0 Å². The van der Waals surface area contributed by atoms with Gasteiger partial charge in [-0.3, -0.25) is 4.79 Å². The van der Waals surface area contributed by atoms with Crippen LogP contribution in [0.3, 0.4) is 0 Å². The standard InChI is InChI=1S/C12H20N4O3S2/c1-8(2)10(17)13-11-14-15-12(20-11)21(18,19)16-9-6-4-3-5-7-9/h8-9,16H,3-7H2,1-2H3,(H,13,14,17). The smallest absolute Gasteiger partial charge is 0.270 e. The Morgan fingerprint density at radius 2 is 1.90 bits per heavy atom. The van der Waals surface area contributed by atoms with Gasteiger partial charge in [0.15, 0.2) is 0 Å². The van der Waals surface area contributed by atoms with E-state index in [0.717, 1.165) is 43.4 Å². The van der Waals surface area contributed by atoms with Gasteiger partial charge in [0, 0.05) is 12.0 Å². The molecular weight excluding hydrogens is 312 g/mol. The van der Waals surface area contributed by atoms with Crippen molar-refractivity contribution in [1.29, 1.82) is 0 Å². The predicted molar refractivity (Wildman–Crippen MR) is 80.6 cm³/mol. The highest BCUT2D eigenvalue weighted by atomic mass is 32.2. The average molecular weight is 332 g/mol. The van der Waals surface area contributed by atoms with Crippen molar-refractivity contribution in [3.05, 3.63) is 0 Å². The highest BCUT2D eigenvalue weighted by Gasteiger charge is 2.25. The number of nitrogens with zero attached hydrogens (tertiary/aromatic N) is 2. The minimum absolute atomic E-state index is 0.0265. The van der Waals surface area contributed by atoms with Crippen molar-refractivity contribution in [1.82, 2.24) is 14.9 Å². The maximum atomic E-state index is 12.2. The summed E-state index contributed by atoms with van der Waals surface area (Å²) in [7, 11) is -3.65. The van der Waals surface area contributed by atoms with Gasteiger partial charge in [-0.25, -0.2) is 13.1 Å². The third-order valence-electron chi connectivity index (χ3n) is 3.32. The van der Waals surface area contributed by atoms with E-state index in [1.165, 1.54) is 0 Å². The number of amides is 1. The molecule has 0 saturated heterocycles. The van der Waals surface area contributed by atoms with Crippen molar-refractivity contribution < 1.29 is 13.2 Å². The molecule has 9 heteroatoms. The maximum absolute atomic E-state index is 12.2. The molecule has 0 spiro atoms. The third kappa shape index (κ3) is 4.45. The SMILES string of the molecule is CC(C)C(=O)Nc1nnc(S(=O)(=O)NC2CCCCC2)s1. The van der Waals surface area contributed by atoms with Gasteiger partial charge >= 0.3 is 0 Å². The lowest BCUT2D eigenvalue weighted by Gasteiger charge is -2.21. The summed E-state index contributed by atoms with van der Waals surface area (Å²) in [5.41, 5.74) is 0. The monoisotopic (exact) mass is 332 g/mol. The topological polar surface area (TPSA) is 101 Å². The van der Waals surface area contributed by atoms with Gasteiger partial charge in [-0.05, 0) is 12.8 Å². The predicted octanol–water partition coefficient (Wildman–Crippen LogP) is 1.74. The van der Waals surface area contributed by atoms with E-state index in [1.54, 1.807) is 13.8 Å². The average Bonchev–Trinajstić information content (AvgIpc) is 2.88. The van der Waals surface area contributed by atoms with Crippen LogP contribution in [-0.4, -0.2) is 30.6 Å². The zero-order chi connectivity index (χ0) is 15.5. The van der Waals surface area contributed by atoms with E-state index in [1.807, 2.05) is 0 Å². The summed E-state index contributed by atoms with van der Waals surface area (Å²) in [6, 6.07) is -0.0265. The largest absolute Gasteiger partial charge is 0.300 e. The van der Waals surface area contributed by atoms with Gasteiger partial charge in [-0.2, -0.15) is 0 Å². The molecule has 0 radical (unpaired) electrons. The lowest BCUT2D eigenvalue weighted by atomic mass is 9.96. The summed E-state index contributed by atoms with van der Waals surface area (Å²) in [5, 5.41) is 10.1. The van der Waals surface area contributed by atoms with E-state index in [0.29, 0.717) is 0 Å². The first-order chi connectivity index (χ1) is 9.88. The number of sulfonamides is 1. The normalized spacial score (nSPS) is 17.1. The summed E-state index contributed by atoms with van der Waals surface area (Å²) in [6.45, 7) is 3.50. The zero-order valence-electron chi connectivity index (χ0n) is 12.1. The fraction of sp³-hybridized carbons (Fsp3) is 0.750. The second-order valence-corrected chi connectivity index (χ2v) is 8.34. The molecule has 1 fully saturated rings. The summed E-state index contributed by atoms with van der Waals surface area (Å²) < 4.78 is 27.0. The van der Waals surface area contributed by atoms with Gasteiger partial charge in [-0.1, -0.05) is 44.4 Å². The highest BCUT2D eigenvalue weighted by Crippen LogP contribution is 2.23. The Labute approximate surface area is 128 Å². The molecule has 1 aromatic rings. The fourth-order valence-corrected chi connectivity index (χ4v) is 4.33. The van der Waals surface area contributed by atoms with Crippen LogP contribution in [0, 0.1) is 5.92 Å². The Kier molecular flexibility index (Phi) is 5.28. The van der Waals surface area contributed by atoms with Crippen LogP contribution in [0.4, 0.5) is 5.13 Å². The van der Waals surface area contributed by atoms with Crippen LogP contribution < -0.4 is 10.0 Å². The minimum atomic E-state index is -3.65. The Bertz CT molecular complexity index is 591. The van der Waals surface area contributed by atoms with Gasteiger partial charge < -0.3 is 5.32 Å². The zero-order valence-corrected chi connectivity index (χ0v) is 13.8. The second kappa shape index (κ2) is 6.80. The third-order valence-corrected chi connectivity index (χ3v) is 6.04. The summed E-state index contributed by atoms with van der Waals surface area (Å²) >= 11 is 0.870. The molecule has 1 saturated carbocycles. The van der Waals surface area contributed by atoms with Gasteiger partial charge in [-0.15, -0.1) is 10.2 Å². The van der Waals surface area contributed by atoms with Crippen LogP contribution in [0.15, 0.2) is 4.34 Å². The van der Waals surface area contributed by atoms with Crippen molar-refractivity contribution in [2.24, 2.45) is 5.92 Å². The maximum Gasteiger partial charge on any atom is 0.270 e. The van der Waals surface area contributed by atoms with Gasteiger partial charge in [0.1, 0.15) is 0 Å². The van der Waals surface area contributed by atoms with E-state index >= 15 is 0 Å². The molecule has 1 aliphatic rings. The van der Waals surface area contributed by atoms with E-state index in [-0.39, 0.29) is 27.3 Å². The molecule has 1 aromatic heterocycles. The van der Waals surface area contributed by atoms with Crippen molar-refractivity contribution in [3.8, 4) is 0 Å². The van der Waals surface area contributed by atoms with Crippen LogP contribution in [0.5, 0.6) is 0 Å². The molecule has 2 rings (SSSR count). The second-order valence-electron chi connectivity index (χ2n) is 5.47. The minimum Gasteiger partial charge on any atom is -0.300 e. The number of aromatic nitrogens is 2. The number of anilines is 1. The Morgan fingerprint density at radius 3 is 2.52 bits per heavy atom. The molecule has 2 N–H and O–H groups in total. The van der Waals surface area contributed by atoms with E-state index in [2.05, 4.69) is 20.2 Å². The molecule has 1 amide bonds. The molecule has 0 unspecified atom stereocenters. The summed E-state index contributed by atoms with van der Waals surface area (Å²) in [4.78, 5) is 11.6. The van der Waals surface area contributed by atoms with Crippen LogP contribution in [-0.2, 0) is 14.8 Å². The van der Waals surface area contributed by atoms with Crippen molar-refractivity contribution in [2.45, 2.75) is 56.3 Å². The van der Waals surface area contributed by atoms with E-state index < -0.39 is 10.0 Å². The quantitative estimate of drug-likeness (QED) is 0.800. The van der Waals surface area contributed by atoms with E-state index in [9.17, 15) is 13.2 Å². The van der Waals surface area contributed by atoms with E-state index in [4.69, 9.17) is 0 Å². The first kappa shape index (κ1) is 16.3.